The van der Waals surface area contributed by atoms with E-state index >= 15 is 0 Å². The van der Waals surface area contributed by atoms with E-state index in [1.165, 1.54) is 0 Å². The first-order valence-electron chi connectivity index (χ1n) is 3.93. The van der Waals surface area contributed by atoms with Gasteiger partial charge in [0.15, 0.2) is 5.81 Å². The van der Waals surface area contributed by atoms with Crippen LogP contribution in [0.4, 0.5) is 4.79 Å². The second-order valence-corrected chi connectivity index (χ2v) is 3.55. The molecule has 1 aromatic heterocycles. The topological polar surface area (TPSA) is 42.2 Å². The minimum Gasteiger partial charge on any atom is -0.466 e. The van der Waals surface area contributed by atoms with Gasteiger partial charge in [0, 0.05) is 0 Å². The van der Waals surface area contributed by atoms with Crippen molar-refractivity contribution in [3.63, 3.8) is 0 Å². The number of carbonyl (C=O) groups is 1. The van der Waals surface area contributed by atoms with E-state index < -0.39 is 5.81 Å². The van der Waals surface area contributed by atoms with E-state index in [4.69, 9.17) is 12.3 Å². The fourth-order valence-corrected chi connectivity index (χ4v) is 1.38. The van der Waals surface area contributed by atoms with Crippen molar-refractivity contribution in [3.05, 3.63) is 22.6 Å². The third-order valence-electron chi connectivity index (χ3n) is 1.66. The summed E-state index contributed by atoms with van der Waals surface area (Å²) in [7, 11) is 5.01. The van der Waals surface area contributed by atoms with Gasteiger partial charge in [0.2, 0.25) is 7.85 Å². The summed E-state index contributed by atoms with van der Waals surface area (Å²) in [6.45, 7) is 1.94. The molecule has 1 atom stereocenters. The zero-order chi connectivity index (χ0) is 9.84. The van der Waals surface area contributed by atoms with Gasteiger partial charge in [-0.1, -0.05) is 6.92 Å². The van der Waals surface area contributed by atoms with E-state index in [0.29, 0.717) is 5.76 Å². The number of hydrogen-bond donors (Lipinski definition) is 1. The van der Waals surface area contributed by atoms with Crippen LogP contribution in [0.3, 0.4) is 0 Å². The Hall–Kier alpha value is -0.705. The summed E-state index contributed by atoms with van der Waals surface area (Å²) < 4.78 is 6.05. The highest BCUT2D eigenvalue weighted by Gasteiger charge is 2.13. The van der Waals surface area contributed by atoms with Crippen LogP contribution in [0.5, 0.6) is 0 Å². The summed E-state index contributed by atoms with van der Waals surface area (Å²) in [5.41, 5.74) is 0. The smallest absolute Gasteiger partial charge is 0.200 e. The highest BCUT2D eigenvalue weighted by molar-refractivity contribution is 9.10. The molecule has 0 spiro atoms. The van der Waals surface area contributed by atoms with Gasteiger partial charge >= 0.3 is 0 Å². The average Bonchev–Trinajstić information content (AvgIpc) is 2.47. The molecule has 1 N–H and O–H groups in total. The van der Waals surface area contributed by atoms with Crippen LogP contribution in [0.2, 0.25) is 0 Å². The summed E-state index contributed by atoms with van der Waals surface area (Å²) in [5, 5.41) is 2.58. The quantitative estimate of drug-likeness (QED) is 0.826. The van der Waals surface area contributed by atoms with Gasteiger partial charge in [-0.2, -0.15) is 0 Å². The van der Waals surface area contributed by atoms with Crippen molar-refractivity contribution in [2.24, 2.45) is 0 Å². The highest BCUT2D eigenvalue weighted by Crippen LogP contribution is 2.22. The van der Waals surface area contributed by atoms with Crippen LogP contribution in [0.25, 0.3) is 0 Å². The van der Waals surface area contributed by atoms with Gasteiger partial charge in [-0.3, -0.25) is 4.79 Å². The summed E-state index contributed by atoms with van der Waals surface area (Å²) >= 11 is 3.26. The molecule has 1 aromatic rings. The Bertz CT molecular complexity index is 300. The van der Waals surface area contributed by atoms with Gasteiger partial charge < -0.3 is 9.73 Å². The first kappa shape index (κ1) is 10.4. The van der Waals surface area contributed by atoms with Crippen molar-refractivity contribution in [1.82, 2.24) is 5.32 Å². The van der Waals surface area contributed by atoms with Crippen molar-refractivity contribution in [1.29, 1.82) is 0 Å². The fraction of sp³-hybridized carbons (Fsp3) is 0.375. The van der Waals surface area contributed by atoms with E-state index in [-0.39, 0.29) is 6.04 Å². The zero-order valence-electron chi connectivity index (χ0n) is 7.21. The Morgan fingerprint density at radius 1 is 1.85 bits per heavy atom. The maximum atomic E-state index is 10.6. The van der Waals surface area contributed by atoms with Gasteiger partial charge in [-0.15, -0.1) is 0 Å². The summed E-state index contributed by atoms with van der Waals surface area (Å²) in [5.74, 6) is 0.160. The van der Waals surface area contributed by atoms with Gasteiger partial charge in [0.05, 0.1) is 10.5 Å². The molecule has 0 aromatic carbocycles. The van der Waals surface area contributed by atoms with Crippen molar-refractivity contribution in [2.75, 3.05) is 0 Å². The van der Waals surface area contributed by atoms with Crippen LogP contribution >= 0.6 is 15.9 Å². The number of carbonyl (C=O) groups excluding carboxylic acids is 1. The standard InChI is InChI=1S/C8H9BBrNO2/c1-2-6(11-8(9)12)7-3-5(10)4-13-7/h3-4,6H,2H2,1H3,(H,11,12). The number of halogens is 1. The Labute approximate surface area is 86.4 Å². The van der Waals surface area contributed by atoms with Crippen molar-refractivity contribution >= 4 is 29.6 Å². The molecule has 1 amide bonds. The van der Waals surface area contributed by atoms with Crippen molar-refractivity contribution < 1.29 is 9.21 Å². The molecule has 0 bridgehead atoms. The zero-order valence-corrected chi connectivity index (χ0v) is 8.80. The second kappa shape index (κ2) is 4.51. The molecule has 0 aliphatic heterocycles. The minimum atomic E-state index is -0.542. The van der Waals surface area contributed by atoms with Gasteiger partial charge in [0.25, 0.3) is 0 Å². The number of nitrogens with one attached hydrogen (secondary N) is 1. The molecule has 0 aliphatic carbocycles. The van der Waals surface area contributed by atoms with Crippen LogP contribution in [-0.4, -0.2) is 13.7 Å². The Kier molecular flexibility index (Phi) is 3.60. The van der Waals surface area contributed by atoms with Crippen LogP contribution in [-0.2, 0) is 0 Å². The van der Waals surface area contributed by atoms with E-state index in [9.17, 15) is 4.79 Å². The molecule has 1 heterocycles. The maximum Gasteiger partial charge on any atom is 0.200 e. The number of amides is 1. The van der Waals surface area contributed by atoms with Crippen LogP contribution < -0.4 is 5.32 Å². The molecule has 0 aliphatic rings. The lowest BCUT2D eigenvalue weighted by molar-refractivity contribution is 0.254. The summed E-state index contributed by atoms with van der Waals surface area (Å²) in [6.07, 6.45) is 2.31. The minimum absolute atomic E-state index is 0.149. The Morgan fingerprint density at radius 3 is 2.92 bits per heavy atom. The van der Waals surface area contributed by atoms with Gasteiger partial charge in [-0.25, -0.2) is 0 Å². The van der Waals surface area contributed by atoms with E-state index in [2.05, 4.69) is 21.2 Å². The maximum absolute atomic E-state index is 10.6. The molecule has 0 saturated heterocycles. The van der Waals surface area contributed by atoms with Crippen LogP contribution in [0, 0.1) is 0 Å². The van der Waals surface area contributed by atoms with Crippen molar-refractivity contribution in [3.8, 4) is 0 Å². The number of furan rings is 1. The monoisotopic (exact) mass is 241 g/mol. The lowest BCUT2D eigenvalue weighted by Crippen LogP contribution is -2.26. The fourth-order valence-electron chi connectivity index (χ4n) is 1.06. The molecule has 1 unspecified atom stereocenters. The van der Waals surface area contributed by atoms with Crippen molar-refractivity contribution in [2.45, 2.75) is 19.4 Å². The Morgan fingerprint density at radius 2 is 2.54 bits per heavy atom. The third kappa shape index (κ3) is 2.92. The molecule has 0 saturated carbocycles. The predicted molar refractivity (Wildman–Crippen MR) is 53.7 cm³/mol. The van der Waals surface area contributed by atoms with E-state index in [0.717, 1.165) is 10.9 Å². The third-order valence-corrected chi connectivity index (χ3v) is 2.07. The highest BCUT2D eigenvalue weighted by atomic mass is 79.9. The molecular weight excluding hydrogens is 233 g/mol. The van der Waals surface area contributed by atoms with E-state index in [1.54, 1.807) is 6.26 Å². The SMILES string of the molecule is [B]C(=O)NC(CC)c1cc(Br)co1. The average molecular weight is 242 g/mol. The molecule has 2 radical (unpaired) electrons. The van der Waals surface area contributed by atoms with Crippen LogP contribution in [0.15, 0.2) is 21.2 Å². The van der Waals surface area contributed by atoms with Crippen LogP contribution in [0.1, 0.15) is 25.1 Å². The normalized spacial score (nSPS) is 12.5. The second-order valence-electron chi connectivity index (χ2n) is 2.64. The first-order chi connectivity index (χ1) is 6.13. The summed E-state index contributed by atoms with van der Waals surface area (Å²) in [4.78, 5) is 10.6. The lowest BCUT2D eigenvalue weighted by atomic mass is 10.1. The lowest BCUT2D eigenvalue weighted by Gasteiger charge is -2.12. The number of rotatable bonds is 3. The number of hydrogen-bond acceptors (Lipinski definition) is 2. The van der Waals surface area contributed by atoms with Gasteiger partial charge in [-0.05, 0) is 28.4 Å². The van der Waals surface area contributed by atoms with E-state index in [1.807, 2.05) is 13.0 Å². The molecule has 5 heteroatoms. The largest absolute Gasteiger partial charge is 0.466 e. The first-order valence-corrected chi connectivity index (χ1v) is 4.72. The molecular formula is C8H9BBrNO2. The summed E-state index contributed by atoms with van der Waals surface area (Å²) in [6, 6.07) is 1.66. The molecule has 1 rings (SSSR count). The molecule has 13 heavy (non-hydrogen) atoms. The molecule has 3 nitrogen and oxygen atoms in total. The molecule has 68 valence electrons. The van der Waals surface area contributed by atoms with Gasteiger partial charge in [0.1, 0.15) is 12.0 Å². The Balaban J connectivity index is 2.72. The molecule has 0 fully saturated rings. The predicted octanol–water partition coefficient (Wildman–Crippen LogP) is 2.37.